The highest BCUT2D eigenvalue weighted by Crippen LogP contribution is 1.93. The van der Waals surface area contributed by atoms with Crippen LogP contribution in [0.1, 0.15) is 6.42 Å². The van der Waals surface area contributed by atoms with Crippen LogP contribution in [-0.4, -0.2) is 18.7 Å². The maximum atomic E-state index is 4.35. The molecular formula is C3H8O4. The van der Waals surface area contributed by atoms with Gasteiger partial charge in [-0.05, 0) is 0 Å². The molecule has 2 N–H and O–H groups in total. The number of rotatable bonds is 0. The molecule has 1 aliphatic rings. The Morgan fingerprint density at radius 2 is 1.57 bits per heavy atom. The van der Waals surface area contributed by atoms with Crippen molar-refractivity contribution in [2.45, 2.75) is 6.42 Å². The van der Waals surface area contributed by atoms with Gasteiger partial charge >= 0.3 is 0 Å². The van der Waals surface area contributed by atoms with Gasteiger partial charge in [0.05, 0.1) is 13.2 Å². The van der Waals surface area contributed by atoms with Crippen molar-refractivity contribution in [1.29, 1.82) is 0 Å². The first-order valence-corrected chi connectivity index (χ1v) is 1.91. The molecule has 0 aromatic rings. The average Bonchev–Trinajstić information content (AvgIpc) is 1.72. The first kappa shape index (κ1) is 6.84. The van der Waals surface area contributed by atoms with E-state index in [4.69, 9.17) is 0 Å². The third-order valence-electron chi connectivity index (χ3n) is 0.552. The van der Waals surface area contributed by atoms with Gasteiger partial charge in [-0.25, -0.2) is 9.78 Å². The second kappa shape index (κ2) is 4.01. The number of hydrogen-bond acceptors (Lipinski definition) is 3. The lowest BCUT2D eigenvalue weighted by atomic mass is 10.5. The van der Waals surface area contributed by atoms with Crippen LogP contribution in [0.25, 0.3) is 0 Å². The van der Waals surface area contributed by atoms with E-state index >= 15 is 0 Å². The minimum atomic E-state index is 0. The fourth-order valence-corrected chi connectivity index (χ4v) is 0.279. The lowest BCUT2D eigenvalue weighted by Gasteiger charge is -2.06. The molecule has 4 nitrogen and oxygen atoms in total. The van der Waals surface area contributed by atoms with Crippen molar-refractivity contribution in [2.75, 3.05) is 13.2 Å². The molecule has 0 unspecified atom stereocenters. The van der Waals surface area contributed by atoms with E-state index in [1.165, 1.54) is 0 Å². The summed E-state index contributed by atoms with van der Waals surface area (Å²) in [5.41, 5.74) is 0. The highest BCUT2D eigenvalue weighted by Gasteiger charge is 1.96. The van der Waals surface area contributed by atoms with E-state index in [1.54, 1.807) is 0 Å². The summed E-state index contributed by atoms with van der Waals surface area (Å²) in [6, 6.07) is 0. The fourth-order valence-electron chi connectivity index (χ4n) is 0.279. The normalized spacial score (nSPS) is 20.6. The molecule has 1 heterocycles. The molecule has 0 aliphatic carbocycles. The molecule has 0 amide bonds. The van der Waals surface area contributed by atoms with Crippen LogP contribution >= 0.6 is 0 Å². The summed E-state index contributed by atoms with van der Waals surface area (Å²) in [4.78, 5) is 8.69. The van der Waals surface area contributed by atoms with Crippen molar-refractivity contribution in [2.24, 2.45) is 0 Å². The van der Waals surface area contributed by atoms with Crippen molar-refractivity contribution in [1.82, 2.24) is 0 Å². The van der Waals surface area contributed by atoms with E-state index in [-0.39, 0.29) is 5.48 Å². The Morgan fingerprint density at radius 1 is 1.00 bits per heavy atom. The molecule has 0 spiro atoms. The first-order chi connectivity index (χ1) is 3.00. The Kier molecular flexibility index (Phi) is 3.92. The third kappa shape index (κ3) is 2.52. The van der Waals surface area contributed by atoms with Crippen LogP contribution in [0.2, 0.25) is 0 Å². The van der Waals surface area contributed by atoms with E-state index in [0.717, 1.165) is 6.42 Å². The second-order valence-corrected chi connectivity index (χ2v) is 1.07. The van der Waals surface area contributed by atoms with Crippen LogP contribution in [-0.2, 0) is 14.8 Å². The fraction of sp³-hybridized carbons (Fsp3) is 1.00. The summed E-state index contributed by atoms with van der Waals surface area (Å²) in [5, 5.41) is 4.07. The van der Waals surface area contributed by atoms with Crippen LogP contribution in [0.5, 0.6) is 0 Å². The Bertz CT molecular complexity index is 22.4. The standard InChI is InChI=1S/C3H6O3.H2O/c1-2-4-6-5-3-1;/h1-3H2;1H2. The maximum Gasteiger partial charge on any atom is 0.0877 e. The molecule has 1 fully saturated rings. The van der Waals surface area contributed by atoms with Crippen molar-refractivity contribution in [3.8, 4) is 0 Å². The Labute approximate surface area is 41.1 Å². The van der Waals surface area contributed by atoms with Gasteiger partial charge in [0.15, 0.2) is 0 Å². The molecule has 0 aromatic heterocycles. The van der Waals surface area contributed by atoms with E-state index in [9.17, 15) is 0 Å². The minimum Gasteiger partial charge on any atom is -0.412 e. The summed E-state index contributed by atoms with van der Waals surface area (Å²) in [6.45, 7) is 1.31. The van der Waals surface area contributed by atoms with Crippen LogP contribution in [0.3, 0.4) is 0 Å². The van der Waals surface area contributed by atoms with Gasteiger partial charge < -0.3 is 5.48 Å². The summed E-state index contributed by atoms with van der Waals surface area (Å²) in [5.74, 6) is 0. The lowest BCUT2D eigenvalue weighted by molar-refractivity contribution is -0.532. The molecule has 0 aromatic carbocycles. The molecule has 0 bridgehead atoms. The molecular weight excluding hydrogens is 100 g/mol. The van der Waals surface area contributed by atoms with Crippen molar-refractivity contribution < 1.29 is 20.3 Å². The third-order valence-corrected chi connectivity index (χ3v) is 0.552. The van der Waals surface area contributed by atoms with Gasteiger partial charge in [0.25, 0.3) is 0 Å². The zero-order valence-electron chi connectivity index (χ0n) is 3.85. The Hall–Kier alpha value is -0.160. The molecule has 1 rings (SSSR count). The SMILES string of the molecule is C1COOOC1.O. The van der Waals surface area contributed by atoms with Crippen molar-refractivity contribution in [3.05, 3.63) is 0 Å². The van der Waals surface area contributed by atoms with Gasteiger partial charge in [-0.1, -0.05) is 5.04 Å². The van der Waals surface area contributed by atoms with Crippen molar-refractivity contribution >= 4 is 0 Å². The van der Waals surface area contributed by atoms with Crippen molar-refractivity contribution in [3.63, 3.8) is 0 Å². The maximum absolute atomic E-state index is 4.35. The van der Waals surface area contributed by atoms with Gasteiger partial charge in [-0.3, -0.25) is 0 Å². The van der Waals surface area contributed by atoms with Gasteiger partial charge in [-0.2, -0.15) is 0 Å². The first-order valence-electron chi connectivity index (χ1n) is 1.91. The van der Waals surface area contributed by atoms with E-state index in [0.29, 0.717) is 13.2 Å². The van der Waals surface area contributed by atoms with E-state index < -0.39 is 0 Å². The van der Waals surface area contributed by atoms with Crippen LogP contribution in [0, 0.1) is 0 Å². The molecule has 0 atom stereocenters. The lowest BCUT2D eigenvalue weighted by Crippen LogP contribution is -2.08. The molecule has 0 radical (unpaired) electrons. The van der Waals surface area contributed by atoms with Crippen LogP contribution < -0.4 is 0 Å². The highest BCUT2D eigenvalue weighted by atomic mass is 17.5. The van der Waals surface area contributed by atoms with Gasteiger partial charge in [-0.15, -0.1) is 0 Å². The topological polar surface area (TPSA) is 59.2 Å². The molecule has 44 valence electrons. The summed E-state index contributed by atoms with van der Waals surface area (Å²) >= 11 is 0. The molecule has 1 saturated heterocycles. The summed E-state index contributed by atoms with van der Waals surface area (Å²) in [6.07, 6.45) is 0.931. The summed E-state index contributed by atoms with van der Waals surface area (Å²) < 4.78 is 0. The van der Waals surface area contributed by atoms with E-state index in [2.05, 4.69) is 14.8 Å². The van der Waals surface area contributed by atoms with Crippen LogP contribution in [0.15, 0.2) is 0 Å². The largest absolute Gasteiger partial charge is 0.412 e. The predicted molar refractivity (Wildman–Crippen MR) is 21.2 cm³/mol. The van der Waals surface area contributed by atoms with E-state index in [1.807, 2.05) is 0 Å². The zero-order chi connectivity index (χ0) is 4.24. The quantitative estimate of drug-likeness (QED) is 0.391. The second-order valence-electron chi connectivity index (χ2n) is 1.07. The molecule has 0 saturated carbocycles. The zero-order valence-corrected chi connectivity index (χ0v) is 3.85. The predicted octanol–water partition coefficient (Wildman–Crippen LogP) is -0.555. The highest BCUT2D eigenvalue weighted by molar-refractivity contribution is 4.28. The van der Waals surface area contributed by atoms with Gasteiger partial charge in [0.1, 0.15) is 0 Å². The Morgan fingerprint density at radius 3 is 1.71 bits per heavy atom. The van der Waals surface area contributed by atoms with Gasteiger partial charge in [0, 0.05) is 6.42 Å². The molecule has 4 heteroatoms. The number of hydrogen-bond donors (Lipinski definition) is 0. The minimum absolute atomic E-state index is 0. The Balaban J connectivity index is 0.000000360. The molecule has 1 aliphatic heterocycles. The summed E-state index contributed by atoms with van der Waals surface area (Å²) in [7, 11) is 0. The smallest absolute Gasteiger partial charge is 0.0877 e. The van der Waals surface area contributed by atoms with Gasteiger partial charge in [0.2, 0.25) is 0 Å². The monoisotopic (exact) mass is 108 g/mol. The molecule has 7 heavy (non-hydrogen) atoms. The van der Waals surface area contributed by atoms with Crippen LogP contribution in [0.4, 0.5) is 0 Å². The average molecular weight is 108 g/mol.